The molecule has 11 heteroatoms. The van der Waals surface area contributed by atoms with Gasteiger partial charge >= 0.3 is 0 Å². The van der Waals surface area contributed by atoms with E-state index < -0.39 is 11.7 Å². The van der Waals surface area contributed by atoms with Crippen molar-refractivity contribution in [1.82, 2.24) is 10.6 Å². The molecule has 2 amide bonds. The van der Waals surface area contributed by atoms with E-state index in [0.717, 1.165) is 0 Å². The van der Waals surface area contributed by atoms with Gasteiger partial charge in [-0.05, 0) is 18.2 Å². The number of benzene rings is 2. The van der Waals surface area contributed by atoms with Gasteiger partial charge < -0.3 is 21.1 Å². The van der Waals surface area contributed by atoms with E-state index in [1.807, 2.05) is 0 Å². The van der Waals surface area contributed by atoms with Crippen LogP contribution in [0.2, 0.25) is 10.0 Å². The summed E-state index contributed by atoms with van der Waals surface area (Å²) >= 11 is 11.4. The Bertz CT molecular complexity index is 918. The number of amides is 2. The maximum absolute atomic E-state index is 13.5. The Morgan fingerprint density at radius 2 is 1.79 bits per heavy atom. The van der Waals surface area contributed by atoms with Crippen molar-refractivity contribution in [2.45, 2.75) is 6.54 Å². The van der Waals surface area contributed by atoms with Crippen LogP contribution in [-0.4, -0.2) is 31.3 Å². The maximum Gasteiger partial charge on any atom is 0.257 e. The van der Waals surface area contributed by atoms with E-state index in [-0.39, 0.29) is 58.7 Å². The van der Waals surface area contributed by atoms with E-state index in [0.29, 0.717) is 11.1 Å². The Hall–Kier alpha value is -2.55. The molecule has 29 heavy (non-hydrogen) atoms. The van der Waals surface area contributed by atoms with Gasteiger partial charge in [0.25, 0.3) is 11.8 Å². The number of nitrogen functional groups attached to an aromatic ring is 1. The third kappa shape index (κ3) is 6.49. The summed E-state index contributed by atoms with van der Waals surface area (Å²) in [7, 11) is 1.47. The Kier molecular flexibility index (Phi) is 9.16. The number of carbonyl (C=O) groups is 2. The molecule has 0 unspecified atom stereocenters. The SMILES string of the molecule is CNC(=O)COc1cc(C(=N)N)ccc1CNC(=O)c1cc(Cl)c(F)c(Cl)c1.Cl. The van der Waals surface area contributed by atoms with E-state index >= 15 is 0 Å². The van der Waals surface area contributed by atoms with Crippen LogP contribution in [0.4, 0.5) is 4.39 Å². The standard InChI is InChI=1S/C18H17Cl2FN4O3.ClH/c1-24-15(26)8-28-14-6-9(17(22)23)2-3-10(14)7-25-18(27)11-4-12(19)16(21)13(20)5-11;/h2-6H,7-8H2,1H3,(H3,22,23)(H,24,26)(H,25,27);1H. The van der Waals surface area contributed by atoms with E-state index in [1.165, 1.54) is 25.2 Å². The molecule has 2 aromatic rings. The molecule has 0 atom stereocenters. The molecule has 0 saturated carbocycles. The molecule has 0 heterocycles. The van der Waals surface area contributed by atoms with E-state index in [9.17, 15) is 14.0 Å². The number of carbonyl (C=O) groups excluding carboxylic acids is 2. The number of rotatable bonds is 7. The molecule has 156 valence electrons. The summed E-state index contributed by atoms with van der Waals surface area (Å²) in [6.45, 7) is -0.214. The summed E-state index contributed by atoms with van der Waals surface area (Å²) in [5.41, 5.74) is 6.51. The number of likely N-dealkylation sites (N-methyl/N-ethyl adjacent to an activating group) is 1. The van der Waals surface area contributed by atoms with Gasteiger partial charge in [-0.1, -0.05) is 35.3 Å². The van der Waals surface area contributed by atoms with Gasteiger partial charge in [-0.3, -0.25) is 15.0 Å². The second-order valence-electron chi connectivity index (χ2n) is 5.63. The smallest absolute Gasteiger partial charge is 0.257 e. The zero-order valence-corrected chi connectivity index (χ0v) is 17.5. The van der Waals surface area contributed by atoms with Crippen LogP contribution in [0, 0.1) is 11.2 Å². The van der Waals surface area contributed by atoms with Gasteiger partial charge in [-0.2, -0.15) is 0 Å². The summed E-state index contributed by atoms with van der Waals surface area (Å²) in [6, 6.07) is 7.03. The molecule has 0 aliphatic carbocycles. The van der Waals surface area contributed by atoms with Crippen molar-refractivity contribution in [3.63, 3.8) is 0 Å². The van der Waals surface area contributed by atoms with Crippen molar-refractivity contribution in [3.05, 3.63) is 62.9 Å². The van der Waals surface area contributed by atoms with Crippen molar-refractivity contribution >= 4 is 53.3 Å². The van der Waals surface area contributed by atoms with Crippen LogP contribution in [-0.2, 0) is 11.3 Å². The Morgan fingerprint density at radius 3 is 2.34 bits per heavy atom. The van der Waals surface area contributed by atoms with Gasteiger partial charge in [-0.15, -0.1) is 12.4 Å². The molecule has 0 aliphatic rings. The number of ether oxygens (including phenoxy) is 1. The van der Waals surface area contributed by atoms with Crippen molar-refractivity contribution < 1.29 is 18.7 Å². The molecule has 2 aromatic carbocycles. The van der Waals surface area contributed by atoms with Gasteiger partial charge in [0.15, 0.2) is 12.4 Å². The van der Waals surface area contributed by atoms with Gasteiger partial charge in [0.05, 0.1) is 10.0 Å². The zero-order chi connectivity index (χ0) is 20.8. The molecule has 0 radical (unpaired) electrons. The summed E-state index contributed by atoms with van der Waals surface area (Å²) < 4.78 is 19.0. The molecule has 0 bridgehead atoms. The van der Waals surface area contributed by atoms with Crippen LogP contribution in [0.1, 0.15) is 21.5 Å². The molecular formula is C18H18Cl3FN4O3. The number of halogens is 4. The molecule has 0 spiro atoms. The van der Waals surface area contributed by atoms with Crippen LogP contribution in [0.15, 0.2) is 30.3 Å². The number of amidine groups is 1. The molecule has 0 aromatic heterocycles. The highest BCUT2D eigenvalue weighted by Gasteiger charge is 2.14. The van der Waals surface area contributed by atoms with Crippen LogP contribution in [0.25, 0.3) is 0 Å². The second-order valence-corrected chi connectivity index (χ2v) is 6.45. The monoisotopic (exact) mass is 462 g/mol. The largest absolute Gasteiger partial charge is 0.483 e. The summed E-state index contributed by atoms with van der Waals surface area (Å²) in [4.78, 5) is 23.8. The van der Waals surface area contributed by atoms with Crippen molar-refractivity contribution in [3.8, 4) is 5.75 Å². The van der Waals surface area contributed by atoms with Gasteiger partial charge in [0, 0.05) is 30.3 Å². The van der Waals surface area contributed by atoms with Gasteiger partial charge in [0.1, 0.15) is 11.6 Å². The lowest BCUT2D eigenvalue weighted by Crippen LogP contribution is -2.26. The third-order valence-corrected chi connectivity index (χ3v) is 4.25. The minimum absolute atomic E-state index is 0. The first-order chi connectivity index (χ1) is 13.2. The minimum atomic E-state index is -0.801. The van der Waals surface area contributed by atoms with Crippen molar-refractivity contribution in [1.29, 1.82) is 5.41 Å². The van der Waals surface area contributed by atoms with E-state index in [4.69, 9.17) is 39.1 Å². The minimum Gasteiger partial charge on any atom is -0.483 e. The molecule has 2 rings (SSSR count). The first kappa shape index (κ1) is 24.5. The maximum atomic E-state index is 13.5. The topological polar surface area (TPSA) is 117 Å². The highest BCUT2D eigenvalue weighted by Crippen LogP contribution is 2.25. The first-order valence-electron chi connectivity index (χ1n) is 7.96. The molecule has 0 saturated heterocycles. The number of nitrogens with one attached hydrogen (secondary N) is 3. The summed E-state index contributed by atoms with van der Waals surface area (Å²) in [5, 5.41) is 12.0. The Balaban J connectivity index is 0.00000420. The van der Waals surface area contributed by atoms with Crippen LogP contribution < -0.4 is 21.1 Å². The quantitative estimate of drug-likeness (QED) is 0.287. The van der Waals surface area contributed by atoms with Crippen molar-refractivity contribution in [2.75, 3.05) is 13.7 Å². The third-order valence-electron chi connectivity index (χ3n) is 3.70. The lowest BCUT2D eigenvalue weighted by Gasteiger charge is -2.14. The molecular weight excluding hydrogens is 446 g/mol. The van der Waals surface area contributed by atoms with Crippen LogP contribution >= 0.6 is 35.6 Å². The fourth-order valence-corrected chi connectivity index (χ4v) is 2.67. The number of nitrogens with two attached hydrogens (primary N) is 1. The number of hydrogen-bond acceptors (Lipinski definition) is 4. The summed E-state index contributed by atoms with van der Waals surface area (Å²) in [6.07, 6.45) is 0. The van der Waals surface area contributed by atoms with Crippen molar-refractivity contribution in [2.24, 2.45) is 5.73 Å². The predicted molar refractivity (Wildman–Crippen MR) is 112 cm³/mol. The second kappa shape index (κ2) is 10.8. The average molecular weight is 464 g/mol. The fraction of sp³-hybridized carbons (Fsp3) is 0.167. The van der Waals surface area contributed by atoms with E-state index in [1.54, 1.807) is 12.1 Å². The average Bonchev–Trinajstić information content (AvgIpc) is 2.67. The van der Waals surface area contributed by atoms with Gasteiger partial charge in [-0.25, -0.2) is 4.39 Å². The predicted octanol–water partition coefficient (Wildman–Crippen LogP) is 2.89. The fourth-order valence-electron chi connectivity index (χ4n) is 2.18. The Morgan fingerprint density at radius 1 is 1.17 bits per heavy atom. The molecule has 0 aliphatic heterocycles. The highest BCUT2D eigenvalue weighted by atomic mass is 35.5. The van der Waals surface area contributed by atoms with E-state index in [2.05, 4.69) is 10.6 Å². The molecule has 0 fully saturated rings. The lowest BCUT2D eigenvalue weighted by molar-refractivity contribution is -0.122. The van der Waals surface area contributed by atoms with Gasteiger partial charge in [0.2, 0.25) is 0 Å². The van der Waals surface area contributed by atoms with Crippen LogP contribution in [0.5, 0.6) is 5.75 Å². The first-order valence-corrected chi connectivity index (χ1v) is 8.72. The molecule has 5 N–H and O–H groups in total. The summed E-state index contributed by atoms with van der Waals surface area (Å²) in [5.74, 6) is -1.57. The Labute approximate surface area is 182 Å². The zero-order valence-electron chi connectivity index (χ0n) is 15.1. The van der Waals surface area contributed by atoms with Crippen LogP contribution in [0.3, 0.4) is 0 Å². The number of hydrogen-bond donors (Lipinski definition) is 4. The highest BCUT2D eigenvalue weighted by molar-refractivity contribution is 6.35. The normalized spacial score (nSPS) is 9.93. The molecule has 7 nitrogen and oxygen atoms in total. The lowest BCUT2D eigenvalue weighted by atomic mass is 10.1.